The summed E-state index contributed by atoms with van der Waals surface area (Å²) in [4.78, 5) is 12.4. The molecular formula is C25H47NO8. The predicted octanol–water partition coefficient (Wildman–Crippen LogP) is 1.54. The van der Waals surface area contributed by atoms with Gasteiger partial charge in [0, 0.05) is 6.42 Å². The second-order valence-corrected chi connectivity index (χ2v) is 9.14. The molecule has 7 unspecified atom stereocenters. The van der Waals surface area contributed by atoms with Crippen LogP contribution in [0.4, 0.5) is 0 Å². The molecule has 0 saturated carbocycles. The van der Waals surface area contributed by atoms with Crippen LogP contribution in [0.15, 0.2) is 12.2 Å². The summed E-state index contributed by atoms with van der Waals surface area (Å²) in [6.07, 6.45) is 6.42. The van der Waals surface area contributed by atoms with E-state index in [1.165, 1.54) is 25.7 Å². The molecule has 0 aromatic heterocycles. The van der Waals surface area contributed by atoms with E-state index in [1.54, 1.807) is 6.08 Å². The zero-order chi connectivity index (χ0) is 25.3. The fourth-order valence-corrected chi connectivity index (χ4v) is 3.86. The van der Waals surface area contributed by atoms with Gasteiger partial charge in [-0.25, -0.2) is 0 Å². The molecule has 1 aliphatic heterocycles. The van der Waals surface area contributed by atoms with Crippen molar-refractivity contribution in [2.24, 2.45) is 0 Å². The highest BCUT2D eigenvalue weighted by molar-refractivity contribution is 5.76. The minimum atomic E-state index is -1.56. The van der Waals surface area contributed by atoms with Crippen LogP contribution >= 0.6 is 0 Å². The van der Waals surface area contributed by atoms with Gasteiger partial charge >= 0.3 is 0 Å². The number of aliphatic hydroxyl groups is 5. The van der Waals surface area contributed by atoms with Crippen LogP contribution in [0.1, 0.15) is 84.5 Å². The lowest BCUT2D eigenvalue weighted by molar-refractivity contribution is -0.302. The summed E-state index contributed by atoms with van der Waals surface area (Å²) in [5.41, 5.74) is 0. The zero-order valence-electron chi connectivity index (χ0n) is 20.8. The van der Waals surface area contributed by atoms with Crippen LogP contribution in [0.3, 0.4) is 0 Å². The molecule has 0 aliphatic carbocycles. The third-order valence-corrected chi connectivity index (χ3v) is 6.11. The summed E-state index contributed by atoms with van der Waals surface area (Å²) in [5.74, 6) is -0.209. The van der Waals surface area contributed by atoms with Crippen molar-refractivity contribution < 1.29 is 39.8 Å². The molecule has 0 aromatic rings. The first-order valence-corrected chi connectivity index (χ1v) is 12.9. The number of aliphatic hydroxyl groups excluding tert-OH is 5. The van der Waals surface area contributed by atoms with Crippen molar-refractivity contribution in [3.63, 3.8) is 0 Å². The van der Waals surface area contributed by atoms with Gasteiger partial charge < -0.3 is 40.3 Å². The number of hydrogen-bond acceptors (Lipinski definition) is 8. The van der Waals surface area contributed by atoms with Gasteiger partial charge in [0.05, 0.1) is 25.4 Å². The minimum absolute atomic E-state index is 0.190. The third kappa shape index (κ3) is 11.6. The van der Waals surface area contributed by atoms with Crippen LogP contribution in [0.2, 0.25) is 0 Å². The van der Waals surface area contributed by atoms with Crippen molar-refractivity contribution in [2.75, 3.05) is 13.2 Å². The second-order valence-electron chi connectivity index (χ2n) is 9.14. The van der Waals surface area contributed by atoms with Gasteiger partial charge in [0.1, 0.15) is 24.4 Å². The Morgan fingerprint density at radius 3 is 2.29 bits per heavy atom. The Balaban J connectivity index is 2.65. The Hall–Kier alpha value is -1.07. The van der Waals surface area contributed by atoms with Gasteiger partial charge in [-0.1, -0.05) is 70.9 Å². The number of allylic oxidation sites excluding steroid dienone is 1. The van der Waals surface area contributed by atoms with E-state index < -0.39 is 49.5 Å². The van der Waals surface area contributed by atoms with Crippen LogP contribution in [0.25, 0.3) is 0 Å². The molecule has 1 heterocycles. The van der Waals surface area contributed by atoms with Crippen LogP contribution < -0.4 is 5.32 Å². The van der Waals surface area contributed by atoms with Gasteiger partial charge in [0.25, 0.3) is 0 Å². The first-order chi connectivity index (χ1) is 16.3. The summed E-state index contributed by atoms with van der Waals surface area (Å²) in [7, 11) is 0. The standard InChI is InChI=1S/C25H47NO8/c1-3-5-7-8-9-10-11-13-14-19(28)18(26-21(29)15-12-6-4-2)17-33-25-24(32)23(31)22(30)20(16-27)34-25/h13-14,18-20,22-25,27-28,30-32H,3-12,15-17H2,1-2H3,(H,26,29)/b14-13+. The van der Waals surface area contributed by atoms with E-state index in [2.05, 4.69) is 12.2 Å². The van der Waals surface area contributed by atoms with Gasteiger partial charge in [-0.3, -0.25) is 4.79 Å². The monoisotopic (exact) mass is 489 g/mol. The maximum absolute atomic E-state index is 12.4. The highest BCUT2D eigenvalue weighted by atomic mass is 16.7. The van der Waals surface area contributed by atoms with Crippen molar-refractivity contribution in [3.8, 4) is 0 Å². The molecule has 7 atom stereocenters. The molecule has 1 rings (SSSR count). The Bertz CT molecular complexity index is 559. The Labute approximate surface area is 204 Å². The molecule has 1 saturated heterocycles. The van der Waals surface area contributed by atoms with Crippen LogP contribution in [0.5, 0.6) is 0 Å². The third-order valence-electron chi connectivity index (χ3n) is 6.11. The van der Waals surface area contributed by atoms with Gasteiger partial charge in [0.15, 0.2) is 6.29 Å². The molecule has 0 aromatic carbocycles. The van der Waals surface area contributed by atoms with E-state index in [4.69, 9.17) is 9.47 Å². The Morgan fingerprint density at radius 2 is 1.62 bits per heavy atom. The number of nitrogens with one attached hydrogen (secondary N) is 1. The fraction of sp³-hybridized carbons (Fsp3) is 0.880. The average Bonchev–Trinajstić information content (AvgIpc) is 2.83. The summed E-state index contributed by atoms with van der Waals surface area (Å²) >= 11 is 0. The second kappa shape index (κ2) is 18.2. The Morgan fingerprint density at radius 1 is 0.971 bits per heavy atom. The lowest BCUT2D eigenvalue weighted by Crippen LogP contribution is -2.60. The van der Waals surface area contributed by atoms with Crippen molar-refractivity contribution in [2.45, 2.75) is 127 Å². The number of amides is 1. The van der Waals surface area contributed by atoms with Gasteiger partial charge in [-0.05, 0) is 19.3 Å². The van der Waals surface area contributed by atoms with Crippen molar-refractivity contribution in [1.82, 2.24) is 5.32 Å². The van der Waals surface area contributed by atoms with Crippen molar-refractivity contribution >= 4 is 5.91 Å². The number of rotatable bonds is 18. The van der Waals surface area contributed by atoms with E-state index in [-0.39, 0.29) is 12.5 Å². The SMILES string of the molecule is CCCCCCCC/C=C/C(O)C(COC1OC(CO)C(O)C(O)C1O)NC(=O)CCCCC. The molecule has 0 radical (unpaired) electrons. The van der Waals surface area contributed by atoms with E-state index in [0.717, 1.165) is 38.5 Å². The quantitative estimate of drug-likeness (QED) is 0.125. The molecule has 1 amide bonds. The van der Waals surface area contributed by atoms with Gasteiger partial charge in [-0.15, -0.1) is 0 Å². The maximum atomic E-state index is 12.4. The van der Waals surface area contributed by atoms with Gasteiger partial charge in [-0.2, -0.15) is 0 Å². The minimum Gasteiger partial charge on any atom is -0.394 e. The predicted molar refractivity (Wildman–Crippen MR) is 129 cm³/mol. The fourth-order valence-electron chi connectivity index (χ4n) is 3.86. The maximum Gasteiger partial charge on any atom is 0.220 e. The van der Waals surface area contributed by atoms with Crippen LogP contribution in [-0.4, -0.2) is 87.5 Å². The first kappa shape index (κ1) is 31.0. The number of carbonyl (C=O) groups excluding carboxylic acids is 1. The molecule has 1 fully saturated rings. The molecule has 6 N–H and O–H groups in total. The average molecular weight is 490 g/mol. The molecule has 1 aliphatic rings. The molecule has 0 bridgehead atoms. The summed E-state index contributed by atoms with van der Waals surface area (Å²) < 4.78 is 10.9. The summed E-state index contributed by atoms with van der Waals surface area (Å²) in [5, 5.41) is 52.8. The van der Waals surface area contributed by atoms with Crippen molar-refractivity contribution in [1.29, 1.82) is 0 Å². The number of unbranched alkanes of at least 4 members (excludes halogenated alkanes) is 8. The molecule has 34 heavy (non-hydrogen) atoms. The van der Waals surface area contributed by atoms with E-state index in [1.807, 2.05) is 13.0 Å². The Kier molecular flexibility index (Phi) is 16.6. The topological polar surface area (TPSA) is 149 Å². The number of ether oxygens (including phenoxy) is 2. The highest BCUT2D eigenvalue weighted by Crippen LogP contribution is 2.22. The largest absolute Gasteiger partial charge is 0.394 e. The molecule has 9 nitrogen and oxygen atoms in total. The lowest BCUT2D eigenvalue weighted by atomic mass is 9.99. The molecular weight excluding hydrogens is 442 g/mol. The first-order valence-electron chi connectivity index (χ1n) is 12.9. The van der Waals surface area contributed by atoms with E-state index in [9.17, 15) is 30.3 Å². The van der Waals surface area contributed by atoms with E-state index in [0.29, 0.717) is 6.42 Å². The summed E-state index contributed by atoms with van der Waals surface area (Å²) in [6.45, 7) is 3.48. The molecule has 9 heteroatoms. The molecule has 200 valence electrons. The highest BCUT2D eigenvalue weighted by Gasteiger charge is 2.44. The van der Waals surface area contributed by atoms with Crippen molar-refractivity contribution in [3.05, 3.63) is 12.2 Å². The number of hydrogen-bond donors (Lipinski definition) is 6. The smallest absolute Gasteiger partial charge is 0.220 e. The molecule has 0 spiro atoms. The van der Waals surface area contributed by atoms with Crippen LogP contribution in [0, 0.1) is 0 Å². The lowest BCUT2D eigenvalue weighted by Gasteiger charge is -2.40. The van der Waals surface area contributed by atoms with E-state index >= 15 is 0 Å². The van der Waals surface area contributed by atoms with Gasteiger partial charge in [0.2, 0.25) is 5.91 Å². The normalized spacial score (nSPS) is 27.1. The zero-order valence-corrected chi connectivity index (χ0v) is 20.8. The van der Waals surface area contributed by atoms with Crippen LogP contribution in [-0.2, 0) is 14.3 Å². The number of carbonyl (C=O) groups is 1. The summed E-state index contributed by atoms with van der Waals surface area (Å²) in [6, 6.07) is -0.790.